The van der Waals surface area contributed by atoms with Crippen LogP contribution >= 0.6 is 0 Å². The second kappa shape index (κ2) is 7.59. The summed E-state index contributed by atoms with van der Waals surface area (Å²) in [5.74, 6) is -0.215. The standard InChI is InChI=1S/C16H23N3O5/c1-16(2,18-6-8-24-9-7-18)11-17-15(20)12-4-5-14(23-3)13(10-12)19(21)22/h4-5,10H,6-9,11H2,1-3H3,(H,17,20). The third-order valence-corrected chi connectivity index (χ3v) is 4.19. The third-order valence-electron chi connectivity index (χ3n) is 4.19. The third kappa shape index (κ3) is 4.21. The Bertz CT molecular complexity index is 612. The molecule has 2 rings (SSSR count). The van der Waals surface area contributed by atoms with E-state index in [9.17, 15) is 14.9 Å². The Morgan fingerprint density at radius 2 is 2.08 bits per heavy atom. The number of benzene rings is 1. The summed E-state index contributed by atoms with van der Waals surface area (Å²) in [6, 6.07) is 4.18. The molecule has 0 radical (unpaired) electrons. The zero-order valence-electron chi connectivity index (χ0n) is 14.2. The molecule has 0 bridgehead atoms. The minimum absolute atomic E-state index is 0.130. The van der Waals surface area contributed by atoms with Crippen LogP contribution < -0.4 is 10.1 Å². The molecule has 132 valence electrons. The highest BCUT2D eigenvalue weighted by Crippen LogP contribution is 2.27. The Morgan fingerprint density at radius 1 is 1.42 bits per heavy atom. The molecule has 0 aliphatic carbocycles. The maximum absolute atomic E-state index is 12.3. The van der Waals surface area contributed by atoms with Crippen molar-refractivity contribution < 1.29 is 19.2 Å². The van der Waals surface area contributed by atoms with Crippen LogP contribution in [0.1, 0.15) is 24.2 Å². The summed E-state index contributed by atoms with van der Waals surface area (Å²) in [5.41, 5.74) is -0.212. The summed E-state index contributed by atoms with van der Waals surface area (Å²) in [4.78, 5) is 25.1. The molecule has 0 aromatic heterocycles. The predicted octanol–water partition coefficient (Wildman–Crippen LogP) is 1.44. The van der Waals surface area contributed by atoms with Crippen molar-refractivity contribution in [1.82, 2.24) is 10.2 Å². The summed E-state index contributed by atoms with van der Waals surface area (Å²) in [7, 11) is 1.35. The maximum atomic E-state index is 12.3. The average Bonchev–Trinajstić information content (AvgIpc) is 2.59. The Morgan fingerprint density at radius 3 is 2.67 bits per heavy atom. The van der Waals surface area contributed by atoms with Gasteiger partial charge in [-0.25, -0.2) is 0 Å². The Hall–Kier alpha value is -2.19. The molecular weight excluding hydrogens is 314 g/mol. The zero-order chi connectivity index (χ0) is 17.7. The van der Waals surface area contributed by atoms with E-state index >= 15 is 0 Å². The average molecular weight is 337 g/mol. The van der Waals surface area contributed by atoms with Gasteiger partial charge >= 0.3 is 5.69 Å². The van der Waals surface area contributed by atoms with Gasteiger partial charge < -0.3 is 14.8 Å². The quantitative estimate of drug-likeness (QED) is 0.624. The molecule has 1 N–H and O–H groups in total. The van der Waals surface area contributed by atoms with Crippen molar-refractivity contribution in [2.75, 3.05) is 40.0 Å². The van der Waals surface area contributed by atoms with E-state index in [1.165, 1.54) is 25.3 Å². The van der Waals surface area contributed by atoms with Gasteiger partial charge in [0.2, 0.25) is 0 Å². The number of hydrogen-bond acceptors (Lipinski definition) is 6. The number of nitrogens with one attached hydrogen (secondary N) is 1. The molecule has 24 heavy (non-hydrogen) atoms. The first kappa shape index (κ1) is 18.2. The van der Waals surface area contributed by atoms with E-state index in [2.05, 4.69) is 24.1 Å². The number of hydrogen-bond donors (Lipinski definition) is 1. The number of carbonyl (C=O) groups is 1. The van der Waals surface area contributed by atoms with Crippen LogP contribution in [0, 0.1) is 10.1 Å². The molecule has 1 aliphatic heterocycles. The van der Waals surface area contributed by atoms with Crippen molar-refractivity contribution in [1.29, 1.82) is 0 Å². The normalized spacial score (nSPS) is 15.8. The summed E-state index contributed by atoms with van der Waals surface area (Å²) in [5, 5.41) is 13.9. The molecule has 1 fully saturated rings. The number of methoxy groups -OCH3 is 1. The molecule has 1 amide bonds. The van der Waals surface area contributed by atoms with Crippen molar-refractivity contribution >= 4 is 11.6 Å². The zero-order valence-corrected chi connectivity index (χ0v) is 14.2. The number of morpholine rings is 1. The fourth-order valence-electron chi connectivity index (χ4n) is 2.65. The van der Waals surface area contributed by atoms with Gasteiger partial charge in [0.05, 0.1) is 25.2 Å². The SMILES string of the molecule is COc1ccc(C(=O)NCC(C)(C)N2CCOCC2)cc1[N+](=O)[O-]. The first-order chi connectivity index (χ1) is 11.3. The van der Waals surface area contributed by atoms with Gasteiger partial charge in [0, 0.05) is 36.8 Å². The van der Waals surface area contributed by atoms with Crippen LogP contribution in [0.3, 0.4) is 0 Å². The lowest BCUT2D eigenvalue weighted by molar-refractivity contribution is -0.385. The number of nitrogens with zero attached hydrogens (tertiary/aromatic N) is 2. The second-order valence-corrected chi connectivity index (χ2v) is 6.24. The van der Waals surface area contributed by atoms with Crippen LogP contribution in [0.2, 0.25) is 0 Å². The van der Waals surface area contributed by atoms with E-state index in [4.69, 9.17) is 9.47 Å². The predicted molar refractivity (Wildman–Crippen MR) is 88.5 cm³/mol. The Kier molecular flexibility index (Phi) is 5.74. The number of rotatable bonds is 6. The first-order valence-corrected chi connectivity index (χ1v) is 7.78. The highest BCUT2D eigenvalue weighted by molar-refractivity contribution is 5.95. The van der Waals surface area contributed by atoms with Crippen molar-refractivity contribution in [3.63, 3.8) is 0 Å². The number of carbonyl (C=O) groups excluding carboxylic acids is 1. The van der Waals surface area contributed by atoms with Gasteiger partial charge in [-0.1, -0.05) is 0 Å². The van der Waals surface area contributed by atoms with Crippen molar-refractivity contribution in [3.8, 4) is 5.75 Å². The maximum Gasteiger partial charge on any atom is 0.311 e. The molecule has 1 saturated heterocycles. The molecule has 0 atom stereocenters. The highest BCUT2D eigenvalue weighted by atomic mass is 16.6. The van der Waals surface area contributed by atoms with Crippen LogP contribution in [0.5, 0.6) is 5.75 Å². The van der Waals surface area contributed by atoms with Crippen molar-refractivity contribution in [2.45, 2.75) is 19.4 Å². The van der Waals surface area contributed by atoms with Gasteiger partial charge in [0.1, 0.15) is 0 Å². The molecule has 8 heteroatoms. The van der Waals surface area contributed by atoms with Gasteiger partial charge in [-0.2, -0.15) is 0 Å². The van der Waals surface area contributed by atoms with Crippen LogP contribution in [0.25, 0.3) is 0 Å². The summed E-state index contributed by atoms with van der Waals surface area (Å²) < 4.78 is 10.3. The molecule has 0 spiro atoms. The second-order valence-electron chi connectivity index (χ2n) is 6.24. The van der Waals surface area contributed by atoms with Gasteiger partial charge in [0.15, 0.2) is 5.75 Å². The topological polar surface area (TPSA) is 93.9 Å². The number of amides is 1. The molecule has 1 heterocycles. The summed E-state index contributed by atoms with van der Waals surface area (Å²) in [6.45, 7) is 7.54. The lowest BCUT2D eigenvalue weighted by Gasteiger charge is -2.40. The van der Waals surface area contributed by atoms with E-state index in [0.717, 1.165) is 13.1 Å². The largest absolute Gasteiger partial charge is 0.490 e. The minimum Gasteiger partial charge on any atom is -0.490 e. The number of nitro groups is 1. The minimum atomic E-state index is -0.562. The fourth-order valence-corrected chi connectivity index (χ4v) is 2.65. The van der Waals surface area contributed by atoms with Gasteiger partial charge in [0.25, 0.3) is 5.91 Å². The Labute approximate surface area is 140 Å². The van der Waals surface area contributed by atoms with Gasteiger partial charge in [-0.3, -0.25) is 19.8 Å². The molecule has 1 aromatic carbocycles. The molecule has 1 aliphatic rings. The molecule has 0 saturated carbocycles. The molecular formula is C16H23N3O5. The molecule has 1 aromatic rings. The van der Waals surface area contributed by atoms with E-state index < -0.39 is 4.92 Å². The summed E-state index contributed by atoms with van der Waals surface area (Å²) in [6.07, 6.45) is 0. The molecule has 0 unspecified atom stereocenters. The lowest BCUT2D eigenvalue weighted by atomic mass is 10.0. The van der Waals surface area contributed by atoms with E-state index in [0.29, 0.717) is 19.8 Å². The number of ether oxygens (including phenoxy) is 2. The van der Waals surface area contributed by atoms with Crippen LogP contribution in [-0.4, -0.2) is 61.2 Å². The fraction of sp³-hybridized carbons (Fsp3) is 0.562. The van der Waals surface area contributed by atoms with Crippen molar-refractivity contribution in [3.05, 3.63) is 33.9 Å². The Balaban J connectivity index is 2.04. The van der Waals surface area contributed by atoms with Crippen molar-refractivity contribution in [2.24, 2.45) is 0 Å². The van der Waals surface area contributed by atoms with E-state index in [-0.39, 0.29) is 28.4 Å². The van der Waals surface area contributed by atoms with Gasteiger partial charge in [-0.05, 0) is 26.0 Å². The van der Waals surface area contributed by atoms with E-state index in [1.54, 1.807) is 0 Å². The van der Waals surface area contributed by atoms with Gasteiger partial charge in [-0.15, -0.1) is 0 Å². The smallest absolute Gasteiger partial charge is 0.311 e. The van der Waals surface area contributed by atoms with Crippen LogP contribution in [0.15, 0.2) is 18.2 Å². The number of nitro benzene ring substituents is 1. The molecule has 8 nitrogen and oxygen atoms in total. The van der Waals surface area contributed by atoms with E-state index in [1.807, 2.05) is 0 Å². The highest BCUT2D eigenvalue weighted by Gasteiger charge is 2.29. The monoisotopic (exact) mass is 337 g/mol. The lowest BCUT2D eigenvalue weighted by Crippen LogP contribution is -2.55. The van der Waals surface area contributed by atoms with Crippen LogP contribution in [0.4, 0.5) is 5.69 Å². The first-order valence-electron chi connectivity index (χ1n) is 7.78. The summed E-state index contributed by atoms with van der Waals surface area (Å²) >= 11 is 0. The van der Waals surface area contributed by atoms with Crippen LogP contribution in [-0.2, 0) is 4.74 Å².